The number of benzene rings is 2. The van der Waals surface area contributed by atoms with Crippen LogP contribution in [-0.2, 0) is 16.0 Å². The van der Waals surface area contributed by atoms with E-state index in [1.807, 2.05) is 38.1 Å². The lowest BCUT2D eigenvalue weighted by Gasteiger charge is -2.18. The Morgan fingerprint density at radius 1 is 1.19 bits per heavy atom. The van der Waals surface area contributed by atoms with Crippen LogP contribution in [0.1, 0.15) is 16.7 Å². The average molecular weight is 377 g/mol. The molecule has 6 heteroatoms. The smallest absolute Gasteiger partial charge is 0.262 e. The molecule has 0 spiro atoms. The molecule has 2 N–H and O–H groups in total. The predicted molar refractivity (Wildman–Crippen MR) is 107 cm³/mol. The van der Waals surface area contributed by atoms with Gasteiger partial charge in [-0.15, -0.1) is 0 Å². The van der Waals surface area contributed by atoms with E-state index in [2.05, 4.69) is 6.07 Å². The number of anilines is 1. The van der Waals surface area contributed by atoms with Crippen LogP contribution in [0.2, 0.25) is 0 Å². The Morgan fingerprint density at radius 3 is 2.48 bits per heavy atom. The molecule has 0 bridgehead atoms. The number of carbonyl (C=O) groups excluding carboxylic acids is 2. The lowest BCUT2D eigenvalue weighted by atomic mass is 10.0. The summed E-state index contributed by atoms with van der Waals surface area (Å²) < 4.78 is 0. The maximum absolute atomic E-state index is 13.1. The number of hydrogen-bond acceptors (Lipinski definition) is 4. The monoisotopic (exact) mass is 377 g/mol. The minimum atomic E-state index is -0.833. The molecule has 27 heavy (non-hydrogen) atoms. The second-order valence-corrected chi connectivity index (χ2v) is 7.59. The summed E-state index contributed by atoms with van der Waals surface area (Å²) in [5.41, 5.74) is 9.18. The van der Waals surface area contributed by atoms with Gasteiger partial charge in [0.15, 0.2) is 0 Å². The minimum absolute atomic E-state index is 0.159. The van der Waals surface area contributed by atoms with Crippen LogP contribution < -0.4 is 10.6 Å². The molecular formula is C21H19N3O2S. The van der Waals surface area contributed by atoms with Gasteiger partial charge in [0.1, 0.15) is 16.7 Å². The fraction of sp³-hybridized carbons (Fsp3) is 0.190. The first kappa shape index (κ1) is 18.7. The number of nitrogens with two attached hydrogens (primary N) is 1. The Labute approximate surface area is 162 Å². The molecule has 2 amide bonds. The van der Waals surface area contributed by atoms with Crippen molar-refractivity contribution in [2.45, 2.75) is 25.5 Å². The summed E-state index contributed by atoms with van der Waals surface area (Å²) in [4.78, 5) is 26.3. The summed E-state index contributed by atoms with van der Waals surface area (Å²) in [6.07, 6.45) is 0.509. The topological polar surface area (TPSA) is 87.2 Å². The van der Waals surface area contributed by atoms with Crippen LogP contribution in [0.15, 0.2) is 59.1 Å². The van der Waals surface area contributed by atoms with Gasteiger partial charge in [-0.25, -0.2) is 0 Å². The van der Waals surface area contributed by atoms with E-state index < -0.39 is 11.2 Å². The molecule has 136 valence electrons. The molecule has 1 aliphatic heterocycles. The molecule has 0 aliphatic carbocycles. The highest BCUT2D eigenvalue weighted by Crippen LogP contribution is 2.41. The van der Waals surface area contributed by atoms with Gasteiger partial charge in [-0.05, 0) is 49.1 Å². The van der Waals surface area contributed by atoms with E-state index in [0.717, 1.165) is 11.1 Å². The number of nitriles is 1. The number of aryl methyl sites for hydroxylation is 2. The van der Waals surface area contributed by atoms with E-state index in [1.165, 1.54) is 22.2 Å². The van der Waals surface area contributed by atoms with Crippen molar-refractivity contribution < 1.29 is 9.59 Å². The fourth-order valence-corrected chi connectivity index (χ4v) is 4.27. The molecule has 3 rings (SSSR count). The van der Waals surface area contributed by atoms with Gasteiger partial charge < -0.3 is 5.73 Å². The fourth-order valence-electron chi connectivity index (χ4n) is 2.96. The Kier molecular flexibility index (Phi) is 5.33. The summed E-state index contributed by atoms with van der Waals surface area (Å²) >= 11 is 1.22. The van der Waals surface area contributed by atoms with E-state index in [-0.39, 0.29) is 11.5 Å². The van der Waals surface area contributed by atoms with Gasteiger partial charge in [-0.3, -0.25) is 14.5 Å². The number of primary amides is 1. The molecule has 0 aromatic heterocycles. The summed E-state index contributed by atoms with van der Waals surface area (Å²) in [5, 5.41) is 9.27. The predicted octanol–water partition coefficient (Wildman–Crippen LogP) is 3.22. The highest BCUT2D eigenvalue weighted by molar-refractivity contribution is 8.05. The number of hydrogen-bond donors (Lipinski definition) is 1. The second kappa shape index (κ2) is 7.68. The van der Waals surface area contributed by atoms with Crippen molar-refractivity contribution in [3.8, 4) is 6.07 Å². The molecule has 1 atom stereocenters. The number of amides is 2. The first-order chi connectivity index (χ1) is 12.9. The zero-order chi connectivity index (χ0) is 19.6. The lowest BCUT2D eigenvalue weighted by Crippen LogP contribution is -2.31. The Balaban J connectivity index is 2.01. The first-order valence-electron chi connectivity index (χ1n) is 8.48. The van der Waals surface area contributed by atoms with Gasteiger partial charge in [0.05, 0.1) is 5.25 Å². The molecular weight excluding hydrogens is 358 g/mol. The zero-order valence-corrected chi connectivity index (χ0v) is 15.9. The highest BCUT2D eigenvalue weighted by Gasteiger charge is 2.40. The molecule has 1 fully saturated rings. The maximum atomic E-state index is 13.1. The van der Waals surface area contributed by atoms with E-state index in [0.29, 0.717) is 17.1 Å². The van der Waals surface area contributed by atoms with Gasteiger partial charge in [-0.2, -0.15) is 5.26 Å². The van der Waals surface area contributed by atoms with E-state index >= 15 is 0 Å². The van der Waals surface area contributed by atoms with Crippen LogP contribution in [0.4, 0.5) is 5.69 Å². The van der Waals surface area contributed by atoms with Gasteiger partial charge in [0.25, 0.3) is 5.91 Å². The average Bonchev–Trinajstić information content (AvgIpc) is 2.95. The summed E-state index contributed by atoms with van der Waals surface area (Å²) in [6, 6.07) is 16.9. The number of para-hydroxylation sites is 1. The maximum Gasteiger partial charge on any atom is 0.262 e. The Bertz CT molecular complexity index is 977. The summed E-state index contributed by atoms with van der Waals surface area (Å²) in [6.45, 7) is 4.07. The zero-order valence-electron chi connectivity index (χ0n) is 15.1. The molecule has 0 radical (unpaired) electrons. The van der Waals surface area contributed by atoms with Gasteiger partial charge in [-0.1, -0.05) is 48.2 Å². The molecule has 1 aliphatic rings. The molecule has 0 saturated carbocycles. The van der Waals surface area contributed by atoms with Gasteiger partial charge in [0, 0.05) is 5.69 Å². The van der Waals surface area contributed by atoms with E-state index in [4.69, 9.17) is 5.73 Å². The molecule has 5 nitrogen and oxygen atoms in total. The largest absolute Gasteiger partial charge is 0.365 e. The third kappa shape index (κ3) is 3.74. The standard InChI is InChI=1S/C21H19N3O2S/c1-13-8-9-15(10-14(13)2)11-18-20(26)24(16-6-4-3-5-7-16)21(27-18)17(12-22)19(23)25/h3-10,18H,11H2,1-2H3,(H2,23,25)/b21-17-/t18-/m0/s1. The third-order valence-corrected chi connectivity index (χ3v) is 5.79. The highest BCUT2D eigenvalue weighted by atomic mass is 32.2. The van der Waals surface area contributed by atoms with Crippen LogP contribution in [-0.4, -0.2) is 17.1 Å². The van der Waals surface area contributed by atoms with Gasteiger partial charge in [0.2, 0.25) is 5.91 Å². The van der Waals surface area contributed by atoms with Crippen LogP contribution in [0.3, 0.4) is 0 Å². The van der Waals surface area contributed by atoms with Crippen LogP contribution in [0.25, 0.3) is 0 Å². The van der Waals surface area contributed by atoms with Crippen molar-refractivity contribution in [3.63, 3.8) is 0 Å². The molecule has 0 unspecified atom stereocenters. The van der Waals surface area contributed by atoms with Crippen molar-refractivity contribution in [3.05, 3.63) is 75.8 Å². The third-order valence-electron chi connectivity index (χ3n) is 4.53. The minimum Gasteiger partial charge on any atom is -0.365 e. The number of thioether (sulfide) groups is 1. The summed E-state index contributed by atoms with van der Waals surface area (Å²) in [7, 11) is 0. The second-order valence-electron chi connectivity index (χ2n) is 6.39. The van der Waals surface area contributed by atoms with Crippen molar-refractivity contribution in [1.29, 1.82) is 5.26 Å². The Morgan fingerprint density at radius 2 is 1.89 bits per heavy atom. The van der Waals surface area contributed by atoms with Crippen LogP contribution in [0, 0.1) is 25.2 Å². The summed E-state index contributed by atoms with van der Waals surface area (Å²) in [5.74, 6) is -0.992. The van der Waals surface area contributed by atoms with Gasteiger partial charge >= 0.3 is 0 Å². The lowest BCUT2D eigenvalue weighted by molar-refractivity contribution is -0.117. The van der Waals surface area contributed by atoms with Crippen molar-refractivity contribution in [1.82, 2.24) is 0 Å². The first-order valence-corrected chi connectivity index (χ1v) is 9.36. The molecule has 1 heterocycles. The van der Waals surface area contributed by atoms with Crippen molar-refractivity contribution >= 4 is 29.3 Å². The number of rotatable bonds is 4. The Hall–Kier alpha value is -3.04. The number of nitrogens with zero attached hydrogens (tertiary/aromatic N) is 2. The molecule has 2 aromatic carbocycles. The molecule has 2 aromatic rings. The number of carbonyl (C=O) groups is 2. The van der Waals surface area contributed by atoms with Crippen LogP contribution >= 0.6 is 11.8 Å². The van der Waals surface area contributed by atoms with Crippen molar-refractivity contribution in [2.75, 3.05) is 4.90 Å². The quantitative estimate of drug-likeness (QED) is 0.655. The van der Waals surface area contributed by atoms with E-state index in [1.54, 1.807) is 24.3 Å². The van der Waals surface area contributed by atoms with Crippen LogP contribution in [0.5, 0.6) is 0 Å². The SMILES string of the molecule is Cc1ccc(C[C@@H]2S/C(=C(/C#N)C(N)=O)N(c3ccccc3)C2=O)cc1C. The normalized spacial score (nSPS) is 18.3. The molecule has 1 saturated heterocycles. The van der Waals surface area contributed by atoms with E-state index in [9.17, 15) is 14.9 Å². The van der Waals surface area contributed by atoms with Crippen molar-refractivity contribution in [2.24, 2.45) is 5.73 Å².